The van der Waals surface area contributed by atoms with Crippen LogP contribution in [0.15, 0.2) is 23.0 Å². The Morgan fingerprint density at radius 1 is 1.39 bits per heavy atom. The van der Waals surface area contributed by atoms with E-state index in [4.69, 9.17) is 16.1 Å². The van der Waals surface area contributed by atoms with Gasteiger partial charge in [0.05, 0.1) is 12.7 Å². The van der Waals surface area contributed by atoms with E-state index in [0.717, 1.165) is 18.7 Å². The van der Waals surface area contributed by atoms with Crippen LogP contribution in [-0.2, 0) is 6.54 Å². The minimum atomic E-state index is 0.473. The molecule has 2 N–H and O–H groups in total. The number of hydrogen-bond acceptors (Lipinski definition) is 6. The van der Waals surface area contributed by atoms with Gasteiger partial charge in [-0.05, 0) is 6.42 Å². The molecule has 0 bridgehead atoms. The van der Waals surface area contributed by atoms with Crippen LogP contribution >= 0.6 is 11.6 Å². The van der Waals surface area contributed by atoms with Crippen LogP contribution < -0.4 is 10.6 Å². The molecule has 0 saturated carbocycles. The minimum Gasteiger partial charge on any atom is -0.364 e. The Morgan fingerprint density at radius 3 is 3.00 bits per heavy atom. The Kier molecular flexibility index (Phi) is 4.35. The fourth-order valence-electron chi connectivity index (χ4n) is 1.32. The summed E-state index contributed by atoms with van der Waals surface area (Å²) in [5, 5.41) is 10.5. The Balaban J connectivity index is 2.01. The van der Waals surface area contributed by atoms with Gasteiger partial charge in [-0.25, -0.2) is 4.98 Å². The largest absolute Gasteiger partial charge is 0.364 e. The molecular weight excluding hydrogens is 254 g/mol. The van der Waals surface area contributed by atoms with Crippen molar-refractivity contribution < 1.29 is 4.52 Å². The standard InChI is InChI=1S/C11H14ClN5O/c1-2-4-13-11-15-7-9(12)10(16-11)14-6-8-3-5-18-17-8/h3,5,7H,2,4,6H2,1H3,(H2,13,14,15,16). The van der Waals surface area contributed by atoms with E-state index in [2.05, 4.69) is 32.7 Å². The first-order chi connectivity index (χ1) is 8.79. The second kappa shape index (κ2) is 6.20. The Labute approximate surface area is 110 Å². The van der Waals surface area contributed by atoms with Crippen molar-refractivity contribution in [2.45, 2.75) is 19.9 Å². The van der Waals surface area contributed by atoms with Crippen molar-refractivity contribution >= 4 is 23.4 Å². The van der Waals surface area contributed by atoms with Crippen molar-refractivity contribution in [2.24, 2.45) is 0 Å². The van der Waals surface area contributed by atoms with E-state index in [1.807, 2.05) is 0 Å². The van der Waals surface area contributed by atoms with Crippen molar-refractivity contribution in [1.82, 2.24) is 15.1 Å². The lowest BCUT2D eigenvalue weighted by Gasteiger charge is -2.08. The summed E-state index contributed by atoms with van der Waals surface area (Å²) in [6.45, 7) is 3.40. The van der Waals surface area contributed by atoms with Gasteiger partial charge >= 0.3 is 0 Å². The number of hydrogen-bond donors (Lipinski definition) is 2. The fourth-order valence-corrected chi connectivity index (χ4v) is 1.47. The molecule has 0 saturated heterocycles. The molecule has 0 radical (unpaired) electrons. The third kappa shape index (κ3) is 3.33. The maximum Gasteiger partial charge on any atom is 0.224 e. The highest BCUT2D eigenvalue weighted by Gasteiger charge is 2.05. The van der Waals surface area contributed by atoms with Crippen LogP contribution in [0.2, 0.25) is 5.02 Å². The SMILES string of the molecule is CCCNc1ncc(Cl)c(NCc2ccon2)n1. The van der Waals surface area contributed by atoms with Crippen LogP contribution in [0.25, 0.3) is 0 Å². The number of halogens is 1. The smallest absolute Gasteiger partial charge is 0.224 e. The van der Waals surface area contributed by atoms with E-state index in [0.29, 0.717) is 23.3 Å². The molecule has 18 heavy (non-hydrogen) atoms. The van der Waals surface area contributed by atoms with Gasteiger partial charge in [-0.1, -0.05) is 23.7 Å². The molecule has 2 heterocycles. The highest BCUT2D eigenvalue weighted by Crippen LogP contribution is 2.19. The molecule has 0 spiro atoms. The van der Waals surface area contributed by atoms with Crippen molar-refractivity contribution in [3.05, 3.63) is 29.2 Å². The predicted molar refractivity (Wildman–Crippen MR) is 69.7 cm³/mol. The number of aromatic nitrogens is 3. The summed E-state index contributed by atoms with van der Waals surface area (Å²) >= 11 is 6.01. The van der Waals surface area contributed by atoms with Gasteiger partial charge in [0.2, 0.25) is 5.95 Å². The van der Waals surface area contributed by atoms with Crippen LogP contribution in [-0.4, -0.2) is 21.7 Å². The van der Waals surface area contributed by atoms with E-state index in [9.17, 15) is 0 Å². The molecule has 0 amide bonds. The summed E-state index contributed by atoms with van der Waals surface area (Å²) in [6.07, 6.45) is 4.10. The Morgan fingerprint density at radius 2 is 2.28 bits per heavy atom. The summed E-state index contributed by atoms with van der Waals surface area (Å²) in [5.41, 5.74) is 0.785. The van der Waals surface area contributed by atoms with Crippen LogP contribution in [0.5, 0.6) is 0 Å². The average molecular weight is 268 g/mol. The van der Waals surface area contributed by atoms with Crippen molar-refractivity contribution in [1.29, 1.82) is 0 Å². The zero-order valence-corrected chi connectivity index (χ0v) is 10.7. The van der Waals surface area contributed by atoms with E-state index < -0.39 is 0 Å². The molecule has 2 rings (SSSR count). The summed E-state index contributed by atoms with van der Waals surface area (Å²) in [5.74, 6) is 1.14. The monoisotopic (exact) mass is 267 g/mol. The van der Waals surface area contributed by atoms with Crippen molar-refractivity contribution in [3.63, 3.8) is 0 Å². The van der Waals surface area contributed by atoms with Gasteiger partial charge in [0, 0.05) is 12.6 Å². The Hall–Kier alpha value is -1.82. The van der Waals surface area contributed by atoms with Gasteiger partial charge in [-0.2, -0.15) is 4.98 Å². The number of nitrogens with one attached hydrogen (secondary N) is 2. The molecule has 0 unspecified atom stereocenters. The zero-order chi connectivity index (χ0) is 12.8. The summed E-state index contributed by atoms with van der Waals surface area (Å²) < 4.78 is 4.74. The van der Waals surface area contributed by atoms with Gasteiger partial charge in [-0.15, -0.1) is 0 Å². The molecule has 96 valence electrons. The molecule has 2 aromatic rings. The predicted octanol–water partition coefficient (Wildman–Crippen LogP) is 2.55. The molecule has 0 fully saturated rings. The topological polar surface area (TPSA) is 75.9 Å². The number of anilines is 2. The minimum absolute atomic E-state index is 0.473. The lowest BCUT2D eigenvalue weighted by Crippen LogP contribution is -2.08. The van der Waals surface area contributed by atoms with E-state index >= 15 is 0 Å². The molecule has 6 nitrogen and oxygen atoms in total. The number of nitrogens with zero attached hydrogens (tertiary/aromatic N) is 3. The van der Waals surface area contributed by atoms with Crippen molar-refractivity contribution in [3.8, 4) is 0 Å². The number of rotatable bonds is 6. The van der Waals surface area contributed by atoms with Crippen LogP contribution in [0.1, 0.15) is 19.0 Å². The molecule has 0 aliphatic carbocycles. The summed E-state index contributed by atoms with van der Waals surface area (Å²) in [7, 11) is 0. The third-order valence-electron chi connectivity index (χ3n) is 2.21. The van der Waals surface area contributed by atoms with E-state index in [1.165, 1.54) is 6.26 Å². The molecule has 0 aromatic carbocycles. The van der Waals surface area contributed by atoms with Gasteiger partial charge in [0.25, 0.3) is 0 Å². The first kappa shape index (κ1) is 12.6. The molecule has 2 aromatic heterocycles. The highest BCUT2D eigenvalue weighted by molar-refractivity contribution is 6.32. The summed E-state index contributed by atoms with van der Waals surface area (Å²) in [4.78, 5) is 8.38. The highest BCUT2D eigenvalue weighted by atomic mass is 35.5. The normalized spacial score (nSPS) is 10.3. The lowest BCUT2D eigenvalue weighted by atomic mass is 10.4. The first-order valence-electron chi connectivity index (χ1n) is 5.69. The first-order valence-corrected chi connectivity index (χ1v) is 6.07. The fraction of sp³-hybridized carbons (Fsp3) is 0.364. The molecule has 7 heteroatoms. The van der Waals surface area contributed by atoms with E-state index in [1.54, 1.807) is 12.3 Å². The maximum absolute atomic E-state index is 6.01. The zero-order valence-electron chi connectivity index (χ0n) is 9.98. The Bertz CT molecular complexity index is 488. The second-order valence-corrected chi connectivity index (χ2v) is 4.07. The molecule has 0 aliphatic rings. The second-order valence-electron chi connectivity index (χ2n) is 3.66. The van der Waals surface area contributed by atoms with Gasteiger partial charge < -0.3 is 15.2 Å². The molecule has 0 atom stereocenters. The van der Waals surface area contributed by atoms with Gasteiger partial charge in [0.1, 0.15) is 17.0 Å². The van der Waals surface area contributed by atoms with Crippen LogP contribution in [0.3, 0.4) is 0 Å². The maximum atomic E-state index is 6.01. The quantitative estimate of drug-likeness (QED) is 0.838. The van der Waals surface area contributed by atoms with Gasteiger partial charge in [-0.3, -0.25) is 0 Å². The van der Waals surface area contributed by atoms with E-state index in [-0.39, 0.29) is 0 Å². The van der Waals surface area contributed by atoms with Crippen LogP contribution in [0, 0.1) is 0 Å². The molecule has 0 aliphatic heterocycles. The third-order valence-corrected chi connectivity index (χ3v) is 2.48. The van der Waals surface area contributed by atoms with Gasteiger partial charge in [0.15, 0.2) is 5.82 Å². The summed E-state index contributed by atoms with van der Waals surface area (Å²) in [6, 6.07) is 1.78. The lowest BCUT2D eigenvalue weighted by molar-refractivity contribution is 0.412. The molecular formula is C11H14ClN5O. The van der Waals surface area contributed by atoms with Crippen LogP contribution in [0.4, 0.5) is 11.8 Å². The average Bonchev–Trinajstić information content (AvgIpc) is 2.89. The van der Waals surface area contributed by atoms with Crippen molar-refractivity contribution in [2.75, 3.05) is 17.2 Å².